The van der Waals surface area contributed by atoms with Crippen molar-refractivity contribution in [2.24, 2.45) is 5.92 Å². The molecule has 0 saturated carbocycles. The van der Waals surface area contributed by atoms with Crippen molar-refractivity contribution in [1.82, 2.24) is 10.3 Å². The molecule has 0 aliphatic rings. The largest absolute Gasteiger partial charge is 0.319 e. The fourth-order valence-electron chi connectivity index (χ4n) is 1.41. The summed E-state index contributed by atoms with van der Waals surface area (Å²) in [6.07, 6.45) is 6.12. The number of hydrogen-bond acceptors (Lipinski definition) is 2. The van der Waals surface area contributed by atoms with Crippen LogP contribution in [0.3, 0.4) is 0 Å². The number of pyridine rings is 1. The van der Waals surface area contributed by atoms with E-state index in [2.05, 4.69) is 29.4 Å². The summed E-state index contributed by atoms with van der Waals surface area (Å²) in [5, 5.41) is 3.19. The highest BCUT2D eigenvalue weighted by molar-refractivity contribution is 5.09. The second kappa shape index (κ2) is 5.70. The maximum absolute atomic E-state index is 4.00. The Labute approximate surface area is 80.4 Å². The summed E-state index contributed by atoms with van der Waals surface area (Å²) in [5.74, 6) is 0.748. The Bertz CT molecular complexity index is 221. The van der Waals surface area contributed by atoms with Crippen molar-refractivity contribution >= 4 is 0 Å². The van der Waals surface area contributed by atoms with Gasteiger partial charge < -0.3 is 5.32 Å². The van der Waals surface area contributed by atoms with Gasteiger partial charge in [0.2, 0.25) is 0 Å². The van der Waals surface area contributed by atoms with E-state index in [-0.39, 0.29) is 0 Å². The molecule has 72 valence electrons. The molecule has 1 heterocycles. The molecule has 0 saturated heterocycles. The molecule has 13 heavy (non-hydrogen) atoms. The highest BCUT2D eigenvalue weighted by Gasteiger charge is 2.00. The minimum Gasteiger partial charge on any atom is -0.319 e. The average molecular weight is 178 g/mol. The molecule has 0 aliphatic carbocycles. The third kappa shape index (κ3) is 4.04. The first-order chi connectivity index (χ1) is 6.33. The predicted molar refractivity (Wildman–Crippen MR) is 55.6 cm³/mol. The first kappa shape index (κ1) is 10.2. The molecule has 1 rings (SSSR count). The third-order valence-corrected chi connectivity index (χ3v) is 2.23. The van der Waals surface area contributed by atoms with Gasteiger partial charge in [0, 0.05) is 12.4 Å². The number of rotatable bonds is 5. The van der Waals surface area contributed by atoms with Crippen LogP contribution in [0.15, 0.2) is 24.5 Å². The highest BCUT2D eigenvalue weighted by atomic mass is 14.8. The van der Waals surface area contributed by atoms with Crippen LogP contribution in [-0.4, -0.2) is 18.6 Å². The van der Waals surface area contributed by atoms with Gasteiger partial charge in [-0.05, 0) is 50.0 Å². The number of nitrogens with one attached hydrogen (secondary N) is 1. The molecule has 1 N–H and O–H groups in total. The normalized spacial score (nSPS) is 12.8. The van der Waals surface area contributed by atoms with E-state index in [1.807, 2.05) is 19.4 Å². The summed E-state index contributed by atoms with van der Waals surface area (Å²) < 4.78 is 0. The van der Waals surface area contributed by atoms with Crippen molar-refractivity contribution in [3.63, 3.8) is 0 Å². The van der Waals surface area contributed by atoms with Crippen molar-refractivity contribution in [1.29, 1.82) is 0 Å². The zero-order chi connectivity index (χ0) is 9.52. The third-order valence-electron chi connectivity index (χ3n) is 2.23. The zero-order valence-electron chi connectivity index (χ0n) is 8.46. The van der Waals surface area contributed by atoms with Crippen molar-refractivity contribution in [3.05, 3.63) is 30.1 Å². The summed E-state index contributed by atoms with van der Waals surface area (Å²) >= 11 is 0. The maximum atomic E-state index is 4.00. The van der Waals surface area contributed by atoms with E-state index in [4.69, 9.17) is 0 Å². The van der Waals surface area contributed by atoms with Crippen LogP contribution in [0.2, 0.25) is 0 Å². The van der Waals surface area contributed by atoms with Gasteiger partial charge in [-0.2, -0.15) is 0 Å². The van der Waals surface area contributed by atoms with Crippen molar-refractivity contribution < 1.29 is 0 Å². The first-order valence-electron chi connectivity index (χ1n) is 4.86. The molecule has 0 radical (unpaired) electrons. The van der Waals surface area contributed by atoms with E-state index in [0.29, 0.717) is 0 Å². The Morgan fingerprint density at radius 3 is 2.69 bits per heavy atom. The van der Waals surface area contributed by atoms with E-state index in [1.165, 1.54) is 12.0 Å². The van der Waals surface area contributed by atoms with Gasteiger partial charge in [-0.25, -0.2) is 0 Å². The molecule has 1 aromatic rings. The standard InChI is InChI=1S/C11H18N2/c1-10(9-12-2)3-4-11-5-7-13-8-6-11/h5-8,10,12H,3-4,9H2,1-2H3. The predicted octanol–water partition coefficient (Wildman–Crippen LogP) is 1.87. The Balaban J connectivity index is 2.27. The van der Waals surface area contributed by atoms with Crippen LogP contribution in [0.4, 0.5) is 0 Å². The van der Waals surface area contributed by atoms with Gasteiger partial charge in [-0.3, -0.25) is 4.98 Å². The molecule has 0 aliphatic heterocycles. The molecule has 0 bridgehead atoms. The molecular formula is C11H18N2. The van der Waals surface area contributed by atoms with E-state index in [0.717, 1.165) is 18.9 Å². The van der Waals surface area contributed by atoms with Gasteiger partial charge in [-0.15, -0.1) is 0 Å². The molecule has 2 heteroatoms. The van der Waals surface area contributed by atoms with Crippen LogP contribution in [-0.2, 0) is 6.42 Å². The number of aromatic nitrogens is 1. The first-order valence-corrected chi connectivity index (χ1v) is 4.86. The van der Waals surface area contributed by atoms with Gasteiger partial charge in [0.05, 0.1) is 0 Å². The SMILES string of the molecule is CNCC(C)CCc1ccncc1. The van der Waals surface area contributed by atoms with Crippen LogP contribution in [0.25, 0.3) is 0 Å². The lowest BCUT2D eigenvalue weighted by Crippen LogP contribution is -2.16. The van der Waals surface area contributed by atoms with E-state index >= 15 is 0 Å². The minimum absolute atomic E-state index is 0.748. The second-order valence-electron chi connectivity index (χ2n) is 3.56. The number of aryl methyl sites for hydroxylation is 1. The second-order valence-corrected chi connectivity index (χ2v) is 3.56. The molecule has 1 atom stereocenters. The van der Waals surface area contributed by atoms with Gasteiger partial charge in [0.1, 0.15) is 0 Å². The lowest BCUT2D eigenvalue weighted by molar-refractivity contribution is 0.505. The van der Waals surface area contributed by atoms with Crippen LogP contribution >= 0.6 is 0 Å². The maximum Gasteiger partial charge on any atom is 0.0270 e. The fraction of sp³-hybridized carbons (Fsp3) is 0.545. The average Bonchev–Trinajstić information content (AvgIpc) is 2.17. The number of nitrogens with zero attached hydrogens (tertiary/aromatic N) is 1. The Morgan fingerprint density at radius 2 is 2.08 bits per heavy atom. The van der Waals surface area contributed by atoms with Gasteiger partial charge in [0.15, 0.2) is 0 Å². The topological polar surface area (TPSA) is 24.9 Å². The Kier molecular flexibility index (Phi) is 4.47. The summed E-state index contributed by atoms with van der Waals surface area (Å²) in [6, 6.07) is 4.18. The number of hydrogen-bond donors (Lipinski definition) is 1. The smallest absolute Gasteiger partial charge is 0.0270 e. The van der Waals surface area contributed by atoms with Crippen molar-refractivity contribution in [3.8, 4) is 0 Å². The fourth-order valence-corrected chi connectivity index (χ4v) is 1.41. The summed E-state index contributed by atoms with van der Waals surface area (Å²) in [5.41, 5.74) is 1.39. The van der Waals surface area contributed by atoms with Crippen molar-refractivity contribution in [2.45, 2.75) is 19.8 Å². The summed E-state index contributed by atoms with van der Waals surface area (Å²) in [4.78, 5) is 4.00. The molecule has 0 amide bonds. The van der Waals surface area contributed by atoms with Gasteiger partial charge in [-0.1, -0.05) is 6.92 Å². The molecule has 1 unspecified atom stereocenters. The van der Waals surface area contributed by atoms with E-state index in [9.17, 15) is 0 Å². The van der Waals surface area contributed by atoms with Crippen LogP contribution in [0, 0.1) is 5.92 Å². The van der Waals surface area contributed by atoms with Crippen LogP contribution in [0.1, 0.15) is 18.9 Å². The monoisotopic (exact) mass is 178 g/mol. The lowest BCUT2D eigenvalue weighted by Gasteiger charge is -2.09. The van der Waals surface area contributed by atoms with Gasteiger partial charge >= 0.3 is 0 Å². The van der Waals surface area contributed by atoms with Gasteiger partial charge in [0.25, 0.3) is 0 Å². The van der Waals surface area contributed by atoms with E-state index < -0.39 is 0 Å². The van der Waals surface area contributed by atoms with Crippen LogP contribution in [0.5, 0.6) is 0 Å². The lowest BCUT2D eigenvalue weighted by atomic mass is 10.0. The summed E-state index contributed by atoms with van der Waals surface area (Å²) in [6.45, 7) is 3.38. The molecule has 2 nitrogen and oxygen atoms in total. The minimum atomic E-state index is 0.748. The van der Waals surface area contributed by atoms with Crippen molar-refractivity contribution in [2.75, 3.05) is 13.6 Å². The Morgan fingerprint density at radius 1 is 1.38 bits per heavy atom. The molecule has 0 spiro atoms. The zero-order valence-corrected chi connectivity index (χ0v) is 8.46. The summed E-state index contributed by atoms with van der Waals surface area (Å²) in [7, 11) is 2.00. The van der Waals surface area contributed by atoms with Crippen LogP contribution < -0.4 is 5.32 Å². The highest BCUT2D eigenvalue weighted by Crippen LogP contribution is 2.07. The Hall–Kier alpha value is -0.890. The van der Waals surface area contributed by atoms with E-state index in [1.54, 1.807) is 0 Å². The molecule has 0 aromatic carbocycles. The molecular weight excluding hydrogens is 160 g/mol. The quantitative estimate of drug-likeness (QED) is 0.744. The molecule has 1 aromatic heterocycles. The molecule has 0 fully saturated rings.